The van der Waals surface area contributed by atoms with Crippen molar-refractivity contribution in [2.75, 3.05) is 7.11 Å². The maximum absolute atomic E-state index is 12.5. The van der Waals surface area contributed by atoms with Crippen LogP contribution in [0.3, 0.4) is 0 Å². The monoisotopic (exact) mass is 364 g/mol. The largest absolute Gasteiger partial charge is 0.497 e. The Hall–Kier alpha value is -3.79. The van der Waals surface area contributed by atoms with Gasteiger partial charge in [-0.25, -0.2) is 4.79 Å². The number of nitriles is 1. The summed E-state index contributed by atoms with van der Waals surface area (Å²) in [5.74, 6) is -1.23. The van der Waals surface area contributed by atoms with Crippen molar-refractivity contribution in [2.24, 2.45) is 0 Å². The number of nitrogens with zero attached hydrogens (tertiary/aromatic N) is 1. The van der Waals surface area contributed by atoms with Crippen molar-refractivity contribution in [1.82, 2.24) is 5.32 Å². The lowest BCUT2D eigenvalue weighted by atomic mass is 10.0. The number of methoxy groups -OCH3 is 1. The summed E-state index contributed by atoms with van der Waals surface area (Å²) >= 11 is 0. The first-order chi connectivity index (χ1) is 13.0. The van der Waals surface area contributed by atoms with E-state index in [-0.39, 0.29) is 12.2 Å². The normalized spacial score (nSPS) is 11.6. The molecule has 1 atom stereocenters. The molecule has 3 rings (SSSR count). The average molecular weight is 364 g/mol. The van der Waals surface area contributed by atoms with Crippen LogP contribution in [-0.4, -0.2) is 30.1 Å². The molecule has 0 saturated heterocycles. The second-order valence-electron chi connectivity index (χ2n) is 5.85. The summed E-state index contributed by atoms with van der Waals surface area (Å²) in [6.07, 6.45) is -0.0150. The van der Waals surface area contributed by atoms with Crippen molar-refractivity contribution in [1.29, 1.82) is 5.26 Å². The Morgan fingerprint density at radius 2 is 2.04 bits per heavy atom. The quantitative estimate of drug-likeness (QED) is 0.695. The van der Waals surface area contributed by atoms with Gasteiger partial charge in [-0.1, -0.05) is 18.2 Å². The molecule has 7 nitrogen and oxygen atoms in total. The van der Waals surface area contributed by atoms with Crippen molar-refractivity contribution < 1.29 is 23.8 Å². The highest BCUT2D eigenvalue weighted by molar-refractivity contribution is 5.98. The molecule has 0 unspecified atom stereocenters. The van der Waals surface area contributed by atoms with E-state index in [1.807, 2.05) is 6.07 Å². The molecule has 2 N–H and O–H groups in total. The van der Waals surface area contributed by atoms with Crippen molar-refractivity contribution in [2.45, 2.75) is 12.5 Å². The molecule has 0 aliphatic rings. The molecule has 0 aliphatic heterocycles. The predicted octanol–water partition coefficient (Wildman–Crippen LogP) is 2.74. The van der Waals surface area contributed by atoms with E-state index in [0.717, 1.165) is 0 Å². The molecule has 0 saturated carbocycles. The number of fused-ring (bicyclic) bond motifs is 1. The zero-order valence-corrected chi connectivity index (χ0v) is 14.4. The third-order valence-electron chi connectivity index (χ3n) is 4.11. The topological polar surface area (TPSA) is 113 Å². The van der Waals surface area contributed by atoms with Crippen LogP contribution < -0.4 is 10.1 Å². The number of amides is 1. The number of aliphatic carboxylic acids is 1. The molecule has 27 heavy (non-hydrogen) atoms. The maximum atomic E-state index is 12.5. The fraction of sp³-hybridized carbons (Fsp3) is 0.150. The van der Waals surface area contributed by atoms with Crippen LogP contribution in [0.1, 0.15) is 21.7 Å². The zero-order chi connectivity index (χ0) is 19.4. The van der Waals surface area contributed by atoms with E-state index in [2.05, 4.69) is 5.32 Å². The lowest BCUT2D eigenvalue weighted by molar-refractivity contribution is -0.139. The minimum Gasteiger partial charge on any atom is -0.497 e. The fourth-order valence-corrected chi connectivity index (χ4v) is 2.72. The van der Waals surface area contributed by atoms with Crippen molar-refractivity contribution >= 4 is 22.8 Å². The number of furan rings is 1. The van der Waals surface area contributed by atoms with Crippen LogP contribution in [0.4, 0.5) is 0 Å². The van der Waals surface area contributed by atoms with Gasteiger partial charge in [0.15, 0.2) is 5.76 Å². The van der Waals surface area contributed by atoms with E-state index in [0.29, 0.717) is 27.8 Å². The van der Waals surface area contributed by atoms with Crippen LogP contribution in [0, 0.1) is 11.3 Å². The number of benzene rings is 2. The molecule has 2 aromatic carbocycles. The lowest BCUT2D eigenvalue weighted by Gasteiger charge is -2.14. The van der Waals surface area contributed by atoms with E-state index >= 15 is 0 Å². The Balaban J connectivity index is 1.81. The Kier molecular flexibility index (Phi) is 5.08. The zero-order valence-electron chi connectivity index (χ0n) is 14.4. The molecule has 0 radical (unpaired) electrons. The van der Waals surface area contributed by atoms with Gasteiger partial charge >= 0.3 is 5.97 Å². The maximum Gasteiger partial charge on any atom is 0.326 e. The molecule has 1 heterocycles. The minimum atomic E-state index is -1.20. The Bertz CT molecular complexity index is 1050. The standard InChI is InChI=1S/C20H16N2O5/c1-26-15-6-7-17-14(8-15)10-18(27-17)19(23)22-16(20(24)25)9-12-4-2-3-5-13(12)11-21/h2-8,10,16H,9H2,1H3,(H,22,23)(H,24,25)/t16-/m0/s1. The smallest absolute Gasteiger partial charge is 0.326 e. The van der Waals surface area contributed by atoms with Crippen LogP contribution in [0.5, 0.6) is 5.75 Å². The molecular weight excluding hydrogens is 348 g/mol. The second-order valence-corrected chi connectivity index (χ2v) is 5.85. The molecule has 0 fully saturated rings. The van der Waals surface area contributed by atoms with Gasteiger partial charge in [0.25, 0.3) is 5.91 Å². The van der Waals surface area contributed by atoms with E-state index in [9.17, 15) is 14.7 Å². The third kappa shape index (κ3) is 3.90. The molecule has 1 amide bonds. The molecule has 0 aliphatic carbocycles. The van der Waals surface area contributed by atoms with E-state index in [1.54, 1.807) is 42.5 Å². The number of hydrogen-bond acceptors (Lipinski definition) is 5. The van der Waals surface area contributed by atoms with Gasteiger partial charge in [0.1, 0.15) is 17.4 Å². The van der Waals surface area contributed by atoms with Gasteiger partial charge < -0.3 is 19.6 Å². The summed E-state index contributed by atoms with van der Waals surface area (Å²) in [4.78, 5) is 24.0. The van der Waals surface area contributed by atoms with Crippen LogP contribution in [0.15, 0.2) is 52.9 Å². The number of carbonyl (C=O) groups excluding carboxylic acids is 1. The lowest BCUT2D eigenvalue weighted by Crippen LogP contribution is -2.42. The first-order valence-electron chi connectivity index (χ1n) is 8.11. The highest BCUT2D eigenvalue weighted by Gasteiger charge is 2.24. The molecule has 136 valence electrons. The summed E-state index contributed by atoms with van der Waals surface area (Å²) in [7, 11) is 1.53. The third-order valence-corrected chi connectivity index (χ3v) is 4.11. The highest BCUT2D eigenvalue weighted by Crippen LogP contribution is 2.24. The van der Waals surface area contributed by atoms with Gasteiger partial charge in [-0.15, -0.1) is 0 Å². The number of carboxylic acids is 1. The number of carbonyl (C=O) groups is 2. The molecule has 0 bridgehead atoms. The minimum absolute atomic E-state index is 0.00179. The molecular formula is C20H16N2O5. The van der Waals surface area contributed by atoms with E-state index in [4.69, 9.17) is 14.4 Å². The van der Waals surface area contributed by atoms with Crippen LogP contribution in [0.25, 0.3) is 11.0 Å². The fourth-order valence-electron chi connectivity index (χ4n) is 2.72. The van der Waals surface area contributed by atoms with Crippen molar-refractivity contribution in [3.05, 3.63) is 65.4 Å². The number of carboxylic acid groups (broad SMARTS) is 1. The summed E-state index contributed by atoms with van der Waals surface area (Å²) in [6.45, 7) is 0. The van der Waals surface area contributed by atoms with Gasteiger partial charge in [0.05, 0.1) is 18.7 Å². The molecule has 1 aromatic heterocycles. The highest BCUT2D eigenvalue weighted by atomic mass is 16.5. The van der Waals surface area contributed by atoms with Gasteiger partial charge in [0.2, 0.25) is 0 Å². The van der Waals surface area contributed by atoms with Crippen LogP contribution in [0.2, 0.25) is 0 Å². The van der Waals surface area contributed by atoms with Crippen LogP contribution in [-0.2, 0) is 11.2 Å². The summed E-state index contributed by atoms with van der Waals surface area (Å²) in [6, 6.07) is 14.1. The van der Waals surface area contributed by atoms with Gasteiger partial charge in [-0.3, -0.25) is 4.79 Å². The van der Waals surface area contributed by atoms with Gasteiger partial charge in [-0.2, -0.15) is 5.26 Å². The molecule has 7 heteroatoms. The number of nitrogens with one attached hydrogen (secondary N) is 1. The number of rotatable bonds is 6. The predicted molar refractivity (Wildman–Crippen MR) is 96.5 cm³/mol. The summed E-state index contributed by atoms with van der Waals surface area (Å²) in [5, 5.41) is 21.7. The second kappa shape index (κ2) is 7.62. The van der Waals surface area contributed by atoms with Gasteiger partial charge in [0, 0.05) is 11.8 Å². The van der Waals surface area contributed by atoms with E-state index in [1.165, 1.54) is 13.2 Å². The molecule has 0 spiro atoms. The SMILES string of the molecule is COc1ccc2oc(C(=O)N[C@@H](Cc3ccccc3C#N)C(=O)O)cc2c1. The van der Waals surface area contributed by atoms with Gasteiger partial charge in [-0.05, 0) is 35.9 Å². The Morgan fingerprint density at radius 1 is 1.26 bits per heavy atom. The summed E-state index contributed by atoms with van der Waals surface area (Å²) in [5.41, 5.74) is 1.40. The number of hydrogen-bond donors (Lipinski definition) is 2. The Labute approximate surface area is 154 Å². The van der Waals surface area contributed by atoms with Crippen molar-refractivity contribution in [3.8, 4) is 11.8 Å². The average Bonchev–Trinajstić information content (AvgIpc) is 3.11. The van der Waals surface area contributed by atoms with Crippen LogP contribution >= 0.6 is 0 Å². The first-order valence-corrected chi connectivity index (χ1v) is 8.11. The molecule has 3 aromatic rings. The number of ether oxygens (including phenoxy) is 1. The van der Waals surface area contributed by atoms with E-state index < -0.39 is 17.9 Å². The Morgan fingerprint density at radius 3 is 2.74 bits per heavy atom. The summed E-state index contributed by atoms with van der Waals surface area (Å²) < 4.78 is 10.6. The first kappa shape index (κ1) is 18.0. The van der Waals surface area contributed by atoms with Crippen molar-refractivity contribution in [3.63, 3.8) is 0 Å².